The van der Waals surface area contributed by atoms with E-state index < -0.39 is 24.1 Å². The van der Waals surface area contributed by atoms with E-state index in [0.717, 1.165) is 0 Å². The van der Waals surface area contributed by atoms with Crippen molar-refractivity contribution in [2.75, 3.05) is 18.0 Å². The average molecular weight is 445 g/mol. The normalized spacial score (nSPS) is 22.0. The van der Waals surface area contributed by atoms with Crippen molar-refractivity contribution in [3.63, 3.8) is 0 Å². The first-order valence-electron chi connectivity index (χ1n) is 10.5. The molecule has 10 heteroatoms. The van der Waals surface area contributed by atoms with Crippen LogP contribution in [-0.2, 0) is 6.54 Å². The van der Waals surface area contributed by atoms with Crippen LogP contribution in [0, 0.1) is 34.4 Å². The third-order valence-electron chi connectivity index (χ3n) is 6.14. The molecular weight excluding hydrogens is 425 g/mol. The van der Waals surface area contributed by atoms with E-state index in [4.69, 9.17) is 5.26 Å². The lowest BCUT2D eigenvalue weighted by Gasteiger charge is -2.32. The van der Waals surface area contributed by atoms with Crippen molar-refractivity contribution < 1.29 is 14.6 Å². The van der Waals surface area contributed by atoms with Crippen molar-refractivity contribution in [1.82, 2.24) is 20.1 Å². The van der Waals surface area contributed by atoms with Gasteiger partial charge in [-0.25, -0.2) is 9.07 Å². The Balaban J connectivity index is 1.58. The monoisotopic (exact) mass is 445 g/mol. The number of nitrogens with one attached hydrogen (secondary N) is 1. The molecule has 0 spiro atoms. The number of aliphatic hydroxyl groups excluding tert-OH is 2. The highest BCUT2D eigenvalue weighted by atomic mass is 19.1. The van der Waals surface area contributed by atoms with Gasteiger partial charge in [-0.2, -0.15) is 15.6 Å². The number of hydrogen-bond acceptors (Lipinski definition) is 8. The van der Waals surface area contributed by atoms with Gasteiger partial charge in [-0.3, -0.25) is 10.3 Å². The predicted molar refractivity (Wildman–Crippen MR) is 115 cm³/mol. The minimum atomic E-state index is -0.964. The zero-order valence-electron chi connectivity index (χ0n) is 17.5. The van der Waals surface area contributed by atoms with Gasteiger partial charge in [0, 0.05) is 37.5 Å². The molecule has 3 aromatic rings. The number of β-amino-alcohol motifs (C(OH)–C–C–N with tert-alkyl or cyclic N) is 1. The molecule has 1 fully saturated rings. The van der Waals surface area contributed by atoms with E-state index in [-0.39, 0.29) is 23.4 Å². The zero-order valence-corrected chi connectivity index (χ0v) is 17.5. The Labute approximate surface area is 188 Å². The van der Waals surface area contributed by atoms with Crippen molar-refractivity contribution in [3.8, 4) is 29.1 Å². The van der Waals surface area contributed by atoms with Crippen molar-refractivity contribution >= 4 is 5.82 Å². The van der Waals surface area contributed by atoms with Gasteiger partial charge in [-0.1, -0.05) is 6.07 Å². The summed E-state index contributed by atoms with van der Waals surface area (Å²) in [7, 11) is 0. The molecule has 0 bridgehead atoms. The van der Waals surface area contributed by atoms with Gasteiger partial charge in [-0.15, -0.1) is 0 Å². The number of benzene rings is 1. The number of nitriles is 2. The van der Waals surface area contributed by atoms with E-state index in [2.05, 4.69) is 21.5 Å². The molecule has 2 aliphatic heterocycles. The highest BCUT2D eigenvalue weighted by Gasteiger charge is 2.30. The molecule has 2 aliphatic rings. The second kappa shape index (κ2) is 8.26. The van der Waals surface area contributed by atoms with Crippen LogP contribution in [-0.4, -0.2) is 44.2 Å². The van der Waals surface area contributed by atoms with Crippen LogP contribution in [0.2, 0.25) is 0 Å². The minimum absolute atomic E-state index is 0.0968. The number of piperidine rings is 1. The maximum atomic E-state index is 14.7. The fourth-order valence-electron chi connectivity index (χ4n) is 4.42. The van der Waals surface area contributed by atoms with Gasteiger partial charge >= 0.3 is 0 Å². The predicted octanol–water partition coefficient (Wildman–Crippen LogP) is 1.75. The van der Waals surface area contributed by atoms with Crippen molar-refractivity contribution in [2.45, 2.75) is 25.3 Å². The summed E-state index contributed by atoms with van der Waals surface area (Å²) in [5, 5.41) is 46.9. The number of hydrogen-bond donors (Lipinski definition) is 3. The molecule has 0 amide bonds. The first-order valence-corrected chi connectivity index (χ1v) is 10.5. The summed E-state index contributed by atoms with van der Waals surface area (Å²) in [6, 6.07) is 11.8. The topological polar surface area (TPSA) is 134 Å². The first kappa shape index (κ1) is 21.0. The lowest BCUT2D eigenvalue weighted by molar-refractivity contribution is 0.119. The molecule has 9 nitrogen and oxygen atoms in total. The van der Waals surface area contributed by atoms with Gasteiger partial charge in [0.1, 0.15) is 12.0 Å². The summed E-state index contributed by atoms with van der Waals surface area (Å²) in [6.45, 7) is 1.16. The van der Waals surface area contributed by atoms with Crippen LogP contribution < -0.4 is 10.2 Å². The molecule has 3 N–H and O–H groups in total. The van der Waals surface area contributed by atoms with Crippen LogP contribution in [0.15, 0.2) is 36.5 Å². The third kappa shape index (κ3) is 3.60. The standard InChI is InChI=1S/C23H20FN7O2/c24-15-3-1-2-14(10-26)21(15)16-8-18(22-17(28-16)11-27-23(22)33)31-7-5-20(29-31)30-6-4-13(9-25)19(32)12-30/h1-3,5,7-8,13,19,23,27,32-33H,4,6,11-12H2/t13-,19+,23?/m1/s1. The maximum absolute atomic E-state index is 14.7. The molecule has 1 unspecified atom stereocenters. The number of aliphatic hydroxyl groups is 2. The van der Waals surface area contributed by atoms with Gasteiger partial charge in [-0.05, 0) is 24.6 Å². The molecule has 2 aromatic heterocycles. The molecule has 1 aromatic carbocycles. The van der Waals surface area contributed by atoms with E-state index in [9.17, 15) is 19.9 Å². The zero-order chi connectivity index (χ0) is 23.1. The van der Waals surface area contributed by atoms with Crippen molar-refractivity contribution in [2.24, 2.45) is 5.92 Å². The Morgan fingerprint density at radius 3 is 2.82 bits per heavy atom. The number of rotatable bonds is 3. The van der Waals surface area contributed by atoms with E-state index in [1.807, 2.05) is 11.0 Å². The Hall–Kier alpha value is -3.83. The van der Waals surface area contributed by atoms with Gasteiger partial charge in [0.05, 0.1) is 52.4 Å². The van der Waals surface area contributed by atoms with Gasteiger partial charge in [0.25, 0.3) is 0 Å². The van der Waals surface area contributed by atoms with Gasteiger partial charge < -0.3 is 15.1 Å². The second-order valence-corrected chi connectivity index (χ2v) is 8.10. The SMILES string of the molecule is N#Cc1cccc(F)c1-c1cc(-n2ccc(N3CC[C@H](C#N)[C@@H](O)C3)n2)c2c(n1)CNC2O. The molecule has 0 radical (unpaired) electrons. The molecule has 0 saturated carbocycles. The molecule has 4 heterocycles. The van der Waals surface area contributed by atoms with E-state index in [1.165, 1.54) is 18.2 Å². The van der Waals surface area contributed by atoms with E-state index in [1.54, 1.807) is 23.0 Å². The third-order valence-corrected chi connectivity index (χ3v) is 6.14. The molecule has 0 aliphatic carbocycles. The summed E-state index contributed by atoms with van der Waals surface area (Å²) in [5.74, 6) is -0.346. The molecule has 1 saturated heterocycles. The molecule has 5 rings (SSSR count). The molecule has 33 heavy (non-hydrogen) atoms. The fraction of sp³-hybridized carbons (Fsp3) is 0.304. The lowest BCUT2D eigenvalue weighted by atomic mass is 9.95. The summed E-state index contributed by atoms with van der Waals surface area (Å²) in [5.41, 5.74) is 2.13. The van der Waals surface area contributed by atoms with Gasteiger partial charge in [0.15, 0.2) is 5.82 Å². The van der Waals surface area contributed by atoms with E-state index >= 15 is 0 Å². The van der Waals surface area contributed by atoms with Gasteiger partial charge in [0.2, 0.25) is 0 Å². The Kier molecular flexibility index (Phi) is 5.27. The smallest absolute Gasteiger partial charge is 0.151 e. The molecular formula is C23H20FN7O2. The van der Waals surface area contributed by atoms with Crippen LogP contribution in [0.1, 0.15) is 29.5 Å². The summed E-state index contributed by atoms with van der Waals surface area (Å²) in [6.07, 6.45) is 0.525. The summed E-state index contributed by atoms with van der Waals surface area (Å²) in [4.78, 5) is 6.42. The first-order chi connectivity index (χ1) is 16.0. The minimum Gasteiger partial charge on any atom is -0.390 e. The largest absolute Gasteiger partial charge is 0.390 e. The molecule has 166 valence electrons. The Morgan fingerprint density at radius 1 is 1.21 bits per heavy atom. The molecule has 3 atom stereocenters. The Bertz CT molecular complexity index is 1310. The van der Waals surface area contributed by atoms with Crippen LogP contribution in [0.25, 0.3) is 16.9 Å². The average Bonchev–Trinajstić information content (AvgIpc) is 3.46. The van der Waals surface area contributed by atoms with Crippen LogP contribution in [0.4, 0.5) is 10.2 Å². The summed E-state index contributed by atoms with van der Waals surface area (Å²) >= 11 is 0. The van der Waals surface area contributed by atoms with Crippen molar-refractivity contribution in [3.05, 3.63) is 59.2 Å². The highest BCUT2D eigenvalue weighted by molar-refractivity contribution is 5.71. The number of anilines is 1. The number of aromatic nitrogens is 3. The lowest BCUT2D eigenvalue weighted by Crippen LogP contribution is -2.43. The number of fused-ring (bicyclic) bond motifs is 1. The number of halogens is 1. The second-order valence-electron chi connectivity index (χ2n) is 8.10. The van der Waals surface area contributed by atoms with E-state index in [0.29, 0.717) is 42.3 Å². The highest BCUT2D eigenvalue weighted by Crippen LogP contribution is 2.34. The number of pyridine rings is 1. The van der Waals surface area contributed by atoms with Crippen LogP contribution >= 0.6 is 0 Å². The van der Waals surface area contributed by atoms with Crippen LogP contribution in [0.3, 0.4) is 0 Å². The maximum Gasteiger partial charge on any atom is 0.151 e. The van der Waals surface area contributed by atoms with Crippen LogP contribution in [0.5, 0.6) is 0 Å². The summed E-state index contributed by atoms with van der Waals surface area (Å²) < 4.78 is 16.3. The quantitative estimate of drug-likeness (QED) is 0.555. The fourth-order valence-corrected chi connectivity index (χ4v) is 4.42. The number of nitrogens with zero attached hydrogens (tertiary/aromatic N) is 6. The Morgan fingerprint density at radius 2 is 2.06 bits per heavy atom. The van der Waals surface area contributed by atoms with Crippen molar-refractivity contribution in [1.29, 1.82) is 10.5 Å².